The van der Waals surface area contributed by atoms with Crippen molar-refractivity contribution >= 4 is 39.7 Å². The first-order valence-electron chi connectivity index (χ1n) is 5.21. The average Bonchev–Trinajstić information content (AvgIpc) is 2.56. The molecular weight excluding hydrogens is 263 g/mol. The zero-order valence-corrected chi connectivity index (χ0v) is 12.7. The molecule has 1 rings (SSSR count). The van der Waals surface area contributed by atoms with E-state index in [0.29, 0.717) is 17.1 Å². The van der Waals surface area contributed by atoms with Gasteiger partial charge in [0.05, 0.1) is 10.8 Å². The molecule has 1 heterocycles. The standard InChI is InChI=1S/C11H18Cl2N2S/c1-7(11(2,3)4)15(5)10-14-9(13)8(6-12)16-10/h7H,6H2,1-5H3. The predicted molar refractivity (Wildman–Crippen MR) is 74.0 cm³/mol. The highest BCUT2D eigenvalue weighted by Gasteiger charge is 2.26. The largest absolute Gasteiger partial charge is 0.348 e. The van der Waals surface area contributed by atoms with E-state index in [1.165, 1.54) is 0 Å². The number of aromatic nitrogens is 1. The quantitative estimate of drug-likeness (QED) is 0.763. The highest BCUT2D eigenvalue weighted by Crippen LogP contribution is 2.34. The summed E-state index contributed by atoms with van der Waals surface area (Å²) in [5.41, 5.74) is 0.202. The Morgan fingerprint density at radius 3 is 2.38 bits per heavy atom. The Morgan fingerprint density at radius 1 is 1.44 bits per heavy atom. The summed E-state index contributed by atoms with van der Waals surface area (Å²) in [7, 11) is 2.04. The second-order valence-corrected chi connectivity index (χ2v) is 6.68. The lowest BCUT2D eigenvalue weighted by atomic mass is 9.87. The van der Waals surface area contributed by atoms with Gasteiger partial charge in [-0.1, -0.05) is 43.7 Å². The Morgan fingerprint density at radius 2 is 2.00 bits per heavy atom. The van der Waals surface area contributed by atoms with Crippen LogP contribution in [-0.4, -0.2) is 18.1 Å². The molecular formula is C11H18Cl2N2S. The summed E-state index contributed by atoms with van der Waals surface area (Å²) in [6.07, 6.45) is 0. The Labute approximate surface area is 112 Å². The van der Waals surface area contributed by atoms with E-state index in [9.17, 15) is 0 Å². The van der Waals surface area contributed by atoms with Crippen LogP contribution in [0.25, 0.3) is 0 Å². The first-order valence-corrected chi connectivity index (χ1v) is 6.94. The van der Waals surface area contributed by atoms with Gasteiger partial charge in [0, 0.05) is 13.1 Å². The van der Waals surface area contributed by atoms with Crippen molar-refractivity contribution in [1.29, 1.82) is 0 Å². The van der Waals surface area contributed by atoms with Crippen LogP contribution in [0.3, 0.4) is 0 Å². The monoisotopic (exact) mass is 280 g/mol. The number of halogens is 2. The van der Waals surface area contributed by atoms with Gasteiger partial charge < -0.3 is 4.90 Å². The molecule has 0 bridgehead atoms. The second kappa shape index (κ2) is 5.11. The molecule has 0 spiro atoms. The fourth-order valence-corrected chi connectivity index (χ4v) is 2.82. The van der Waals surface area contributed by atoms with Crippen LogP contribution >= 0.6 is 34.5 Å². The predicted octanol–water partition coefficient (Wildman–Crippen LogP) is 4.41. The minimum atomic E-state index is 0.202. The lowest BCUT2D eigenvalue weighted by Crippen LogP contribution is -2.39. The lowest BCUT2D eigenvalue weighted by molar-refractivity contribution is 0.329. The van der Waals surface area contributed by atoms with E-state index in [1.54, 1.807) is 11.3 Å². The van der Waals surface area contributed by atoms with Crippen molar-refractivity contribution in [3.8, 4) is 0 Å². The number of anilines is 1. The van der Waals surface area contributed by atoms with Crippen LogP contribution in [0.4, 0.5) is 5.13 Å². The molecule has 92 valence electrons. The van der Waals surface area contributed by atoms with Gasteiger partial charge in [-0.3, -0.25) is 0 Å². The lowest BCUT2D eigenvalue weighted by Gasteiger charge is -2.35. The average molecular weight is 281 g/mol. The summed E-state index contributed by atoms with van der Waals surface area (Å²) >= 11 is 13.3. The minimum absolute atomic E-state index is 0.202. The summed E-state index contributed by atoms with van der Waals surface area (Å²) in [6, 6.07) is 0.387. The van der Waals surface area contributed by atoms with Gasteiger partial charge in [0.1, 0.15) is 5.15 Å². The fourth-order valence-electron chi connectivity index (χ4n) is 1.30. The zero-order chi connectivity index (χ0) is 12.5. The number of hydrogen-bond acceptors (Lipinski definition) is 3. The van der Waals surface area contributed by atoms with Gasteiger partial charge in [-0.15, -0.1) is 11.6 Å². The maximum atomic E-state index is 6.00. The molecule has 1 aromatic heterocycles. The fraction of sp³-hybridized carbons (Fsp3) is 0.727. The third-order valence-corrected chi connectivity index (χ3v) is 4.89. The van der Waals surface area contributed by atoms with Crippen molar-refractivity contribution < 1.29 is 0 Å². The number of hydrogen-bond donors (Lipinski definition) is 0. The SMILES string of the molecule is CC(N(C)c1nc(Cl)c(CCl)s1)C(C)(C)C. The van der Waals surface area contributed by atoms with Gasteiger partial charge in [-0.25, -0.2) is 4.98 Å². The molecule has 0 aliphatic rings. The van der Waals surface area contributed by atoms with Crippen molar-refractivity contribution in [3.63, 3.8) is 0 Å². The van der Waals surface area contributed by atoms with Crippen molar-refractivity contribution in [2.45, 2.75) is 39.6 Å². The highest BCUT2D eigenvalue weighted by molar-refractivity contribution is 7.16. The van der Waals surface area contributed by atoms with E-state index in [2.05, 4.69) is 37.6 Å². The molecule has 0 radical (unpaired) electrons. The zero-order valence-electron chi connectivity index (χ0n) is 10.3. The summed E-state index contributed by atoms with van der Waals surface area (Å²) in [4.78, 5) is 7.44. The molecule has 5 heteroatoms. The third-order valence-electron chi connectivity index (χ3n) is 2.90. The maximum absolute atomic E-state index is 6.00. The molecule has 0 aromatic carbocycles. The molecule has 0 aliphatic carbocycles. The van der Waals surface area contributed by atoms with Crippen molar-refractivity contribution in [2.75, 3.05) is 11.9 Å². The van der Waals surface area contributed by atoms with E-state index >= 15 is 0 Å². The number of alkyl halides is 1. The normalized spacial score (nSPS) is 13.9. The third kappa shape index (κ3) is 3.02. The molecule has 0 saturated heterocycles. The summed E-state index contributed by atoms with van der Waals surface area (Å²) in [5, 5.41) is 1.46. The second-order valence-electron chi connectivity index (χ2n) is 5.00. The van der Waals surface area contributed by atoms with E-state index in [0.717, 1.165) is 10.0 Å². The maximum Gasteiger partial charge on any atom is 0.187 e. The molecule has 1 unspecified atom stereocenters. The van der Waals surface area contributed by atoms with E-state index < -0.39 is 0 Å². The molecule has 16 heavy (non-hydrogen) atoms. The van der Waals surface area contributed by atoms with Gasteiger partial charge in [-0.2, -0.15) is 0 Å². The smallest absolute Gasteiger partial charge is 0.187 e. The van der Waals surface area contributed by atoms with Gasteiger partial charge >= 0.3 is 0 Å². The van der Waals surface area contributed by atoms with Crippen LogP contribution < -0.4 is 4.90 Å². The van der Waals surface area contributed by atoms with Crippen molar-refractivity contribution in [3.05, 3.63) is 10.0 Å². The summed E-state index contributed by atoms with van der Waals surface area (Å²) in [6.45, 7) is 8.83. The summed E-state index contributed by atoms with van der Waals surface area (Å²) < 4.78 is 0. The first-order chi connectivity index (χ1) is 7.27. The van der Waals surface area contributed by atoms with Gasteiger partial charge in [-0.05, 0) is 12.3 Å². The van der Waals surface area contributed by atoms with Crippen LogP contribution in [0.1, 0.15) is 32.6 Å². The molecule has 0 aliphatic heterocycles. The van der Waals surface area contributed by atoms with Crippen molar-refractivity contribution in [1.82, 2.24) is 4.98 Å². The molecule has 0 fully saturated rings. The molecule has 0 amide bonds. The van der Waals surface area contributed by atoms with Crippen LogP contribution in [-0.2, 0) is 5.88 Å². The molecule has 0 N–H and O–H groups in total. The Kier molecular flexibility index (Phi) is 4.49. The van der Waals surface area contributed by atoms with Crippen molar-refractivity contribution in [2.24, 2.45) is 5.41 Å². The van der Waals surface area contributed by atoms with Gasteiger partial charge in [0.15, 0.2) is 5.13 Å². The summed E-state index contributed by atoms with van der Waals surface area (Å²) in [5.74, 6) is 0.425. The van der Waals surface area contributed by atoms with E-state index in [-0.39, 0.29) is 5.41 Å². The van der Waals surface area contributed by atoms with E-state index in [4.69, 9.17) is 23.2 Å². The topological polar surface area (TPSA) is 16.1 Å². The number of thiazole rings is 1. The van der Waals surface area contributed by atoms with Gasteiger partial charge in [0.25, 0.3) is 0 Å². The molecule has 1 atom stereocenters. The molecule has 2 nitrogen and oxygen atoms in total. The Bertz CT molecular complexity index is 357. The van der Waals surface area contributed by atoms with Crippen LogP contribution in [0, 0.1) is 5.41 Å². The Balaban J connectivity index is 2.92. The molecule has 0 saturated carbocycles. The van der Waals surface area contributed by atoms with Crippen LogP contribution in [0.2, 0.25) is 5.15 Å². The number of nitrogens with zero attached hydrogens (tertiary/aromatic N) is 2. The van der Waals surface area contributed by atoms with Crippen LogP contribution in [0.15, 0.2) is 0 Å². The molecule has 1 aromatic rings. The highest BCUT2D eigenvalue weighted by atomic mass is 35.5. The number of rotatable bonds is 3. The van der Waals surface area contributed by atoms with Crippen LogP contribution in [0.5, 0.6) is 0 Å². The van der Waals surface area contributed by atoms with Gasteiger partial charge in [0.2, 0.25) is 0 Å². The minimum Gasteiger partial charge on any atom is -0.348 e. The Hall–Kier alpha value is 0.01000. The first kappa shape index (κ1) is 14.1. The van der Waals surface area contributed by atoms with E-state index in [1.807, 2.05) is 7.05 Å².